The summed E-state index contributed by atoms with van der Waals surface area (Å²) in [5, 5.41) is 5.31. The third kappa shape index (κ3) is 6.83. The quantitative estimate of drug-likeness (QED) is 0.410. The lowest BCUT2D eigenvalue weighted by Gasteiger charge is -2.34. The molecule has 3 N–H and O–H groups in total. The van der Waals surface area contributed by atoms with Gasteiger partial charge < -0.3 is 11.1 Å². The first kappa shape index (κ1) is 19.7. The molecule has 0 radical (unpaired) electrons. The van der Waals surface area contributed by atoms with E-state index in [4.69, 9.17) is 5.73 Å². The third-order valence-corrected chi connectivity index (χ3v) is 5.03. The second-order valence-corrected chi connectivity index (χ2v) is 7.11. The molecule has 0 spiro atoms. The van der Waals surface area contributed by atoms with Gasteiger partial charge in [0.25, 0.3) is 0 Å². The summed E-state index contributed by atoms with van der Waals surface area (Å²) in [7, 11) is 0. The predicted molar refractivity (Wildman–Crippen MR) is 107 cm³/mol. The molecule has 4 nitrogen and oxygen atoms in total. The molecule has 0 bridgehead atoms. The summed E-state index contributed by atoms with van der Waals surface area (Å²) in [5.74, 6) is 1.38. The fourth-order valence-electron chi connectivity index (χ4n) is 2.80. The van der Waals surface area contributed by atoms with Crippen LogP contribution in [0, 0.1) is 5.92 Å². The van der Waals surface area contributed by atoms with Crippen molar-refractivity contribution >= 4 is 41.3 Å². The minimum Gasteiger partial charge on any atom is -0.370 e. The molecule has 6 heteroatoms. The molecule has 2 rings (SSSR count). The number of piperidine rings is 1. The maximum absolute atomic E-state index is 5.94. The summed E-state index contributed by atoms with van der Waals surface area (Å²) < 4.78 is 0. The Morgan fingerprint density at radius 1 is 1.59 bits per heavy atom. The van der Waals surface area contributed by atoms with Gasteiger partial charge in [-0.05, 0) is 50.1 Å². The summed E-state index contributed by atoms with van der Waals surface area (Å²) in [6.45, 7) is 8.62. The molecule has 2 atom stereocenters. The lowest BCUT2D eigenvalue weighted by molar-refractivity contribution is 0.142. The van der Waals surface area contributed by atoms with Crippen molar-refractivity contribution in [2.45, 2.75) is 39.2 Å². The Morgan fingerprint density at radius 2 is 2.41 bits per heavy atom. The molecule has 2 heterocycles. The van der Waals surface area contributed by atoms with Crippen LogP contribution in [0.5, 0.6) is 0 Å². The van der Waals surface area contributed by atoms with Crippen LogP contribution < -0.4 is 11.1 Å². The van der Waals surface area contributed by atoms with Gasteiger partial charge in [0.1, 0.15) is 0 Å². The summed E-state index contributed by atoms with van der Waals surface area (Å²) >= 11 is 1.78. The summed E-state index contributed by atoms with van der Waals surface area (Å²) in [6.07, 6.45) is 3.68. The Morgan fingerprint density at radius 3 is 3.09 bits per heavy atom. The van der Waals surface area contributed by atoms with Crippen molar-refractivity contribution in [1.82, 2.24) is 10.2 Å². The summed E-state index contributed by atoms with van der Waals surface area (Å²) in [6, 6.07) is 4.71. The maximum atomic E-state index is 5.94. The molecule has 0 aromatic carbocycles. The highest BCUT2D eigenvalue weighted by molar-refractivity contribution is 14.0. The Hall–Kier alpha value is -0.340. The minimum atomic E-state index is 0. The predicted octanol–water partition coefficient (Wildman–Crippen LogP) is 2.93. The molecule has 1 aliphatic heterocycles. The number of aliphatic imine (C=N–C) groups is 1. The number of halogens is 1. The van der Waals surface area contributed by atoms with Crippen LogP contribution in [0.25, 0.3) is 0 Å². The molecule has 1 aromatic rings. The van der Waals surface area contributed by atoms with Crippen molar-refractivity contribution in [2.75, 3.05) is 26.2 Å². The first-order valence-corrected chi connectivity index (χ1v) is 8.83. The van der Waals surface area contributed by atoms with Gasteiger partial charge in [-0.25, -0.2) is 0 Å². The highest BCUT2D eigenvalue weighted by Crippen LogP contribution is 2.17. The van der Waals surface area contributed by atoms with E-state index in [9.17, 15) is 0 Å². The lowest BCUT2D eigenvalue weighted by atomic mass is 9.99. The van der Waals surface area contributed by atoms with E-state index in [2.05, 4.69) is 46.6 Å². The topological polar surface area (TPSA) is 53.6 Å². The molecule has 0 saturated carbocycles. The molecule has 1 fully saturated rings. The van der Waals surface area contributed by atoms with E-state index >= 15 is 0 Å². The zero-order chi connectivity index (χ0) is 15.1. The van der Waals surface area contributed by atoms with Crippen LogP contribution in [-0.4, -0.2) is 43.1 Å². The van der Waals surface area contributed by atoms with E-state index in [0.29, 0.717) is 12.0 Å². The van der Waals surface area contributed by atoms with Gasteiger partial charge in [0.05, 0.1) is 6.54 Å². The van der Waals surface area contributed by atoms with Crippen LogP contribution >= 0.6 is 35.3 Å². The number of guanidine groups is 1. The first-order valence-electron chi connectivity index (χ1n) is 7.95. The van der Waals surface area contributed by atoms with Crippen molar-refractivity contribution < 1.29 is 0 Å². The number of thiophene rings is 1. The van der Waals surface area contributed by atoms with E-state index in [-0.39, 0.29) is 24.0 Å². The summed E-state index contributed by atoms with van der Waals surface area (Å²) in [4.78, 5) is 8.41. The normalized spacial score (nSPS) is 21.2. The van der Waals surface area contributed by atoms with E-state index in [1.807, 2.05) is 0 Å². The van der Waals surface area contributed by atoms with Crippen molar-refractivity contribution in [3.05, 3.63) is 22.4 Å². The number of likely N-dealkylation sites (tertiary alicyclic amines) is 1. The van der Waals surface area contributed by atoms with Crippen LogP contribution in [0.15, 0.2) is 22.5 Å². The molecule has 1 aromatic heterocycles. The van der Waals surface area contributed by atoms with Crippen LogP contribution in [0.1, 0.15) is 31.6 Å². The van der Waals surface area contributed by atoms with Crippen LogP contribution in [-0.2, 0) is 6.42 Å². The van der Waals surface area contributed by atoms with E-state index in [1.54, 1.807) is 11.3 Å². The number of rotatable bonds is 6. The average Bonchev–Trinajstić information content (AvgIpc) is 2.98. The zero-order valence-corrected chi connectivity index (χ0v) is 16.8. The highest BCUT2D eigenvalue weighted by atomic mass is 127. The van der Waals surface area contributed by atoms with Gasteiger partial charge in [-0.1, -0.05) is 13.0 Å². The number of nitrogens with one attached hydrogen (secondary N) is 1. The molecule has 22 heavy (non-hydrogen) atoms. The molecule has 1 aliphatic rings. The van der Waals surface area contributed by atoms with Crippen molar-refractivity contribution in [3.8, 4) is 0 Å². The van der Waals surface area contributed by atoms with Crippen molar-refractivity contribution in [1.29, 1.82) is 0 Å². The molecule has 2 unspecified atom stereocenters. The SMILES string of the molecule is CC1CCCN(C(C)CN=C(N)NCCc2cccs2)C1.I. The van der Waals surface area contributed by atoms with Gasteiger partial charge in [0.15, 0.2) is 5.96 Å². The molecule has 126 valence electrons. The standard InChI is InChI=1S/C16H28N4S.HI/c1-13-5-3-9-20(12-13)14(2)11-19-16(17)18-8-7-15-6-4-10-21-15;/h4,6,10,13-14H,3,5,7-9,11-12H2,1-2H3,(H3,17,18,19);1H. The van der Waals surface area contributed by atoms with E-state index in [1.165, 1.54) is 30.8 Å². The third-order valence-electron chi connectivity index (χ3n) is 4.10. The smallest absolute Gasteiger partial charge is 0.188 e. The largest absolute Gasteiger partial charge is 0.370 e. The summed E-state index contributed by atoms with van der Waals surface area (Å²) in [5.41, 5.74) is 5.94. The Labute approximate surface area is 155 Å². The van der Waals surface area contributed by atoms with Gasteiger partial charge in [0, 0.05) is 24.0 Å². The molecular formula is C16H29IN4S. The highest BCUT2D eigenvalue weighted by Gasteiger charge is 2.20. The van der Waals surface area contributed by atoms with Gasteiger partial charge in [-0.2, -0.15) is 0 Å². The fraction of sp³-hybridized carbons (Fsp3) is 0.688. The number of hydrogen-bond donors (Lipinski definition) is 2. The Balaban J connectivity index is 0.00000242. The fourth-order valence-corrected chi connectivity index (χ4v) is 3.51. The van der Waals surface area contributed by atoms with E-state index < -0.39 is 0 Å². The number of hydrogen-bond acceptors (Lipinski definition) is 3. The van der Waals surface area contributed by atoms with Crippen LogP contribution in [0.4, 0.5) is 0 Å². The molecule has 0 amide bonds. The van der Waals surface area contributed by atoms with Gasteiger partial charge in [0.2, 0.25) is 0 Å². The second kappa shape index (κ2) is 10.4. The van der Waals surface area contributed by atoms with Gasteiger partial charge >= 0.3 is 0 Å². The van der Waals surface area contributed by atoms with Crippen molar-refractivity contribution in [2.24, 2.45) is 16.6 Å². The zero-order valence-electron chi connectivity index (χ0n) is 13.6. The van der Waals surface area contributed by atoms with Crippen LogP contribution in [0.3, 0.4) is 0 Å². The van der Waals surface area contributed by atoms with E-state index in [0.717, 1.165) is 25.4 Å². The minimum absolute atomic E-state index is 0. The first-order chi connectivity index (χ1) is 10.1. The maximum Gasteiger partial charge on any atom is 0.188 e. The average molecular weight is 436 g/mol. The van der Waals surface area contributed by atoms with Crippen molar-refractivity contribution in [3.63, 3.8) is 0 Å². The number of nitrogens with zero attached hydrogens (tertiary/aromatic N) is 2. The second-order valence-electron chi connectivity index (χ2n) is 6.07. The number of nitrogens with two attached hydrogens (primary N) is 1. The molecule has 0 aliphatic carbocycles. The van der Waals surface area contributed by atoms with Gasteiger partial charge in [-0.3, -0.25) is 9.89 Å². The molecular weight excluding hydrogens is 407 g/mol. The van der Waals surface area contributed by atoms with Gasteiger partial charge in [-0.15, -0.1) is 35.3 Å². The monoisotopic (exact) mass is 436 g/mol. The Kier molecular flexibility index (Phi) is 9.35. The lowest BCUT2D eigenvalue weighted by Crippen LogP contribution is -2.43. The molecule has 1 saturated heterocycles. The Bertz CT molecular complexity index is 435. The van der Waals surface area contributed by atoms with Crippen LogP contribution in [0.2, 0.25) is 0 Å².